The molecule has 1 aromatic carbocycles. The summed E-state index contributed by atoms with van der Waals surface area (Å²) >= 11 is 0. The van der Waals surface area contributed by atoms with Crippen LogP contribution in [0.15, 0.2) is 24.3 Å². The first-order valence-corrected chi connectivity index (χ1v) is 6.82. The summed E-state index contributed by atoms with van der Waals surface area (Å²) < 4.78 is 5.24. The van der Waals surface area contributed by atoms with E-state index in [2.05, 4.69) is 5.32 Å². The number of ether oxygens (including phenoxy) is 1. The van der Waals surface area contributed by atoms with Gasteiger partial charge in [-0.25, -0.2) is 4.79 Å². The molecule has 2 N–H and O–H groups in total. The van der Waals surface area contributed by atoms with Crippen molar-refractivity contribution in [2.45, 2.75) is 19.3 Å². The van der Waals surface area contributed by atoms with Gasteiger partial charge in [0.25, 0.3) is 0 Å². The van der Waals surface area contributed by atoms with Crippen LogP contribution in [0.3, 0.4) is 0 Å². The number of benzene rings is 1. The van der Waals surface area contributed by atoms with Crippen molar-refractivity contribution in [3.05, 3.63) is 35.4 Å². The largest absolute Gasteiger partial charge is 0.478 e. The van der Waals surface area contributed by atoms with E-state index in [4.69, 9.17) is 9.84 Å². The summed E-state index contributed by atoms with van der Waals surface area (Å²) in [5, 5.41) is 11.9. The number of rotatable bonds is 6. The number of aryl methyl sites for hydroxylation is 1. The number of aromatic carboxylic acids is 1. The molecule has 0 aliphatic carbocycles. The Hall–Kier alpha value is -1.88. The molecule has 1 unspecified atom stereocenters. The predicted molar refractivity (Wildman–Crippen MR) is 73.7 cm³/mol. The van der Waals surface area contributed by atoms with Crippen LogP contribution < -0.4 is 5.32 Å². The van der Waals surface area contributed by atoms with E-state index in [1.165, 1.54) is 0 Å². The van der Waals surface area contributed by atoms with Crippen molar-refractivity contribution in [1.82, 2.24) is 5.32 Å². The van der Waals surface area contributed by atoms with Gasteiger partial charge in [0, 0.05) is 25.5 Å². The molecule has 108 valence electrons. The van der Waals surface area contributed by atoms with Crippen molar-refractivity contribution >= 4 is 11.9 Å². The number of hydrogen-bond acceptors (Lipinski definition) is 3. The average Bonchev–Trinajstić information content (AvgIpc) is 2.96. The van der Waals surface area contributed by atoms with E-state index < -0.39 is 5.97 Å². The van der Waals surface area contributed by atoms with Gasteiger partial charge < -0.3 is 15.2 Å². The first kappa shape index (κ1) is 14.5. The van der Waals surface area contributed by atoms with Gasteiger partial charge in [-0.15, -0.1) is 0 Å². The van der Waals surface area contributed by atoms with E-state index in [9.17, 15) is 9.59 Å². The van der Waals surface area contributed by atoms with Gasteiger partial charge in [-0.3, -0.25) is 4.79 Å². The SMILES string of the molecule is O=C(CCc1ccccc1C(=O)O)NCC1CCOC1. The molecule has 1 amide bonds. The van der Waals surface area contributed by atoms with Gasteiger partial charge in [0.05, 0.1) is 12.2 Å². The van der Waals surface area contributed by atoms with Crippen molar-refractivity contribution in [3.63, 3.8) is 0 Å². The Labute approximate surface area is 117 Å². The number of carbonyl (C=O) groups excluding carboxylic acids is 1. The third-order valence-electron chi connectivity index (χ3n) is 3.48. The second kappa shape index (κ2) is 7.05. The van der Waals surface area contributed by atoms with Crippen LogP contribution in [0, 0.1) is 5.92 Å². The standard InChI is InChI=1S/C15H19NO4/c17-14(16-9-11-7-8-20-10-11)6-5-12-3-1-2-4-13(12)15(18)19/h1-4,11H,5-10H2,(H,16,17)(H,18,19). The van der Waals surface area contributed by atoms with Crippen LogP contribution in [-0.4, -0.2) is 36.7 Å². The normalized spacial score (nSPS) is 17.9. The highest BCUT2D eigenvalue weighted by molar-refractivity contribution is 5.89. The molecule has 0 radical (unpaired) electrons. The van der Waals surface area contributed by atoms with Crippen molar-refractivity contribution in [1.29, 1.82) is 0 Å². The van der Waals surface area contributed by atoms with Crippen LogP contribution >= 0.6 is 0 Å². The maximum absolute atomic E-state index is 11.8. The molecule has 1 aliphatic heterocycles. The van der Waals surface area contributed by atoms with E-state index in [0.717, 1.165) is 13.0 Å². The molecule has 1 aromatic rings. The summed E-state index contributed by atoms with van der Waals surface area (Å²) in [5.74, 6) is -0.591. The Balaban J connectivity index is 1.79. The summed E-state index contributed by atoms with van der Waals surface area (Å²) in [7, 11) is 0. The van der Waals surface area contributed by atoms with Crippen LogP contribution in [0.2, 0.25) is 0 Å². The minimum Gasteiger partial charge on any atom is -0.478 e. The minimum absolute atomic E-state index is 0.0444. The Morgan fingerprint density at radius 2 is 2.15 bits per heavy atom. The quantitative estimate of drug-likeness (QED) is 0.825. The molecule has 5 nitrogen and oxygen atoms in total. The highest BCUT2D eigenvalue weighted by atomic mass is 16.5. The van der Waals surface area contributed by atoms with Gasteiger partial charge in [-0.2, -0.15) is 0 Å². The van der Waals surface area contributed by atoms with Gasteiger partial charge in [-0.05, 0) is 24.5 Å². The summed E-state index contributed by atoms with van der Waals surface area (Å²) in [6.45, 7) is 2.12. The monoisotopic (exact) mass is 277 g/mol. The van der Waals surface area contributed by atoms with E-state index in [1.54, 1.807) is 24.3 Å². The lowest BCUT2D eigenvalue weighted by molar-refractivity contribution is -0.121. The molecule has 5 heteroatoms. The van der Waals surface area contributed by atoms with E-state index in [1.807, 2.05) is 0 Å². The highest BCUT2D eigenvalue weighted by Gasteiger charge is 2.16. The summed E-state index contributed by atoms with van der Waals surface area (Å²) in [5.41, 5.74) is 0.962. The number of carboxylic acids is 1. The topological polar surface area (TPSA) is 75.6 Å². The van der Waals surface area contributed by atoms with Gasteiger partial charge in [-0.1, -0.05) is 18.2 Å². The zero-order chi connectivity index (χ0) is 14.4. The molecule has 1 heterocycles. The molecular formula is C15H19NO4. The highest BCUT2D eigenvalue weighted by Crippen LogP contribution is 2.12. The zero-order valence-corrected chi connectivity index (χ0v) is 11.3. The van der Waals surface area contributed by atoms with E-state index >= 15 is 0 Å². The fourth-order valence-electron chi connectivity index (χ4n) is 2.29. The second-order valence-electron chi connectivity index (χ2n) is 5.00. The summed E-state index contributed by atoms with van der Waals surface area (Å²) in [6, 6.07) is 6.79. The third-order valence-corrected chi connectivity index (χ3v) is 3.48. The van der Waals surface area contributed by atoms with Crippen molar-refractivity contribution in [3.8, 4) is 0 Å². The van der Waals surface area contributed by atoms with E-state index in [0.29, 0.717) is 37.5 Å². The van der Waals surface area contributed by atoms with Crippen LogP contribution in [0.25, 0.3) is 0 Å². The minimum atomic E-state index is -0.955. The van der Waals surface area contributed by atoms with Crippen LogP contribution in [-0.2, 0) is 16.0 Å². The van der Waals surface area contributed by atoms with Gasteiger partial charge in [0.1, 0.15) is 0 Å². The van der Waals surface area contributed by atoms with E-state index in [-0.39, 0.29) is 11.5 Å². The Morgan fingerprint density at radius 1 is 1.35 bits per heavy atom. The molecule has 1 aliphatic rings. The Bertz CT molecular complexity index is 481. The molecule has 0 bridgehead atoms. The maximum atomic E-state index is 11.8. The molecule has 0 spiro atoms. The third kappa shape index (κ3) is 4.06. The van der Waals surface area contributed by atoms with Gasteiger partial charge in [0.2, 0.25) is 5.91 Å². The molecule has 0 saturated carbocycles. The van der Waals surface area contributed by atoms with Crippen LogP contribution in [0.1, 0.15) is 28.8 Å². The maximum Gasteiger partial charge on any atom is 0.335 e. The van der Waals surface area contributed by atoms with Gasteiger partial charge in [0.15, 0.2) is 0 Å². The van der Waals surface area contributed by atoms with Crippen LogP contribution in [0.4, 0.5) is 0 Å². The summed E-state index contributed by atoms with van der Waals surface area (Å²) in [4.78, 5) is 22.8. The number of amides is 1. The zero-order valence-electron chi connectivity index (χ0n) is 11.3. The average molecular weight is 277 g/mol. The second-order valence-corrected chi connectivity index (χ2v) is 5.00. The van der Waals surface area contributed by atoms with Crippen molar-refractivity contribution in [2.75, 3.05) is 19.8 Å². The molecule has 0 aromatic heterocycles. The number of carbonyl (C=O) groups is 2. The number of hydrogen-bond donors (Lipinski definition) is 2. The Kier molecular flexibility index (Phi) is 5.12. The lowest BCUT2D eigenvalue weighted by Crippen LogP contribution is -2.29. The molecule has 1 saturated heterocycles. The number of nitrogens with one attached hydrogen (secondary N) is 1. The smallest absolute Gasteiger partial charge is 0.335 e. The van der Waals surface area contributed by atoms with Crippen LogP contribution in [0.5, 0.6) is 0 Å². The first-order chi connectivity index (χ1) is 9.66. The fourth-order valence-corrected chi connectivity index (χ4v) is 2.29. The molecule has 20 heavy (non-hydrogen) atoms. The molecule has 1 fully saturated rings. The summed E-state index contributed by atoms with van der Waals surface area (Å²) in [6.07, 6.45) is 1.73. The Morgan fingerprint density at radius 3 is 2.85 bits per heavy atom. The molecule has 1 atom stereocenters. The van der Waals surface area contributed by atoms with Crippen molar-refractivity contribution in [2.24, 2.45) is 5.92 Å². The first-order valence-electron chi connectivity index (χ1n) is 6.82. The van der Waals surface area contributed by atoms with Crippen molar-refractivity contribution < 1.29 is 19.4 Å². The molecule has 2 rings (SSSR count). The lowest BCUT2D eigenvalue weighted by atomic mass is 10.0. The lowest BCUT2D eigenvalue weighted by Gasteiger charge is -2.10. The van der Waals surface area contributed by atoms with Gasteiger partial charge >= 0.3 is 5.97 Å². The molecular weight excluding hydrogens is 258 g/mol. The predicted octanol–water partition coefficient (Wildman–Crippen LogP) is 1.47. The number of carboxylic acid groups (broad SMARTS) is 1. The fraction of sp³-hybridized carbons (Fsp3) is 0.467.